The summed E-state index contributed by atoms with van der Waals surface area (Å²) in [6.45, 7) is 1.00. The van der Waals surface area contributed by atoms with E-state index in [0.29, 0.717) is 0 Å². The van der Waals surface area contributed by atoms with Crippen molar-refractivity contribution in [2.24, 2.45) is 0 Å². The van der Waals surface area contributed by atoms with Crippen molar-refractivity contribution in [1.82, 2.24) is 0 Å². The van der Waals surface area contributed by atoms with Crippen molar-refractivity contribution in [3.8, 4) is 0 Å². The highest BCUT2D eigenvalue weighted by atomic mass is 79.9. The molecule has 1 atom stereocenters. The van der Waals surface area contributed by atoms with Gasteiger partial charge in [-0.05, 0) is 12.5 Å². The summed E-state index contributed by atoms with van der Waals surface area (Å²) in [6.07, 6.45) is 2.65. The van der Waals surface area contributed by atoms with Gasteiger partial charge in [-0.3, -0.25) is 0 Å². The summed E-state index contributed by atoms with van der Waals surface area (Å²) in [5.74, 6) is 0. The van der Waals surface area contributed by atoms with E-state index in [1.807, 2.05) is 0 Å². The van der Waals surface area contributed by atoms with Gasteiger partial charge in [0.15, 0.2) is 0 Å². The molecule has 0 amide bonds. The molecule has 1 heterocycles. The van der Waals surface area contributed by atoms with Crippen molar-refractivity contribution in [3.63, 3.8) is 0 Å². The fourth-order valence-electron chi connectivity index (χ4n) is 0.701. The lowest BCUT2D eigenvalue weighted by molar-refractivity contribution is 0.301. The fraction of sp³-hybridized carbons (Fsp3) is 1.00. The summed E-state index contributed by atoms with van der Waals surface area (Å²) in [6, 6.07) is 1.32. The van der Waals surface area contributed by atoms with Gasteiger partial charge in [-0.2, -0.15) is 0 Å². The summed E-state index contributed by atoms with van der Waals surface area (Å²) in [7, 11) is -0.782. The minimum Gasteiger partial charge on any atom is -0.409 e. The fourth-order valence-corrected chi connectivity index (χ4v) is 3.43. The lowest BCUT2D eigenvalue weighted by Crippen LogP contribution is -2.15. The topological polar surface area (TPSA) is 9.23 Å². The van der Waals surface area contributed by atoms with Crippen molar-refractivity contribution >= 4 is 23.0 Å². The zero-order valence-corrected chi connectivity index (χ0v) is 6.93. The van der Waals surface area contributed by atoms with E-state index in [-0.39, 0.29) is 0 Å². The van der Waals surface area contributed by atoms with E-state index >= 15 is 0 Å². The Bertz CT molecular complexity index is 53.7. The van der Waals surface area contributed by atoms with Gasteiger partial charge in [-0.15, -0.1) is 0 Å². The maximum Gasteiger partial charge on any atom is 0.247 e. The van der Waals surface area contributed by atoms with Crippen molar-refractivity contribution in [2.45, 2.75) is 18.9 Å². The van der Waals surface area contributed by atoms with Crippen LogP contribution in [0, 0.1) is 0 Å². The van der Waals surface area contributed by atoms with Crippen molar-refractivity contribution in [3.05, 3.63) is 0 Å². The summed E-state index contributed by atoms with van der Waals surface area (Å²) >= 11 is 3.50. The highest BCUT2D eigenvalue weighted by molar-refractivity contribution is 9.24. The molecule has 0 aromatic carbocycles. The Balaban J connectivity index is 2.12. The van der Waals surface area contributed by atoms with Gasteiger partial charge in [-0.1, -0.05) is 21.7 Å². The second-order valence-corrected chi connectivity index (χ2v) is 6.57. The molecule has 7 heavy (non-hydrogen) atoms. The predicted octanol–water partition coefficient (Wildman–Crippen LogP) is 1.41. The Morgan fingerprint density at radius 2 is 2.29 bits per heavy atom. The van der Waals surface area contributed by atoms with Crippen LogP contribution in [0.25, 0.3) is 0 Å². The van der Waals surface area contributed by atoms with Crippen LogP contribution in [0.15, 0.2) is 0 Å². The molecule has 0 bridgehead atoms. The van der Waals surface area contributed by atoms with Crippen molar-refractivity contribution in [2.75, 3.05) is 6.61 Å². The van der Waals surface area contributed by atoms with Gasteiger partial charge in [0.1, 0.15) is 0 Å². The van der Waals surface area contributed by atoms with Crippen LogP contribution in [0.2, 0.25) is 6.04 Å². The number of halogens is 1. The Morgan fingerprint density at radius 3 is 2.57 bits per heavy atom. The molecule has 0 aromatic heterocycles. The van der Waals surface area contributed by atoms with Crippen LogP contribution in [-0.2, 0) is 4.43 Å². The van der Waals surface area contributed by atoms with Gasteiger partial charge in [0.2, 0.25) is 7.66 Å². The number of rotatable bonds is 0. The molecule has 42 valence electrons. The van der Waals surface area contributed by atoms with Gasteiger partial charge in [0, 0.05) is 6.61 Å². The molecule has 1 fully saturated rings. The summed E-state index contributed by atoms with van der Waals surface area (Å²) < 4.78 is 5.33. The van der Waals surface area contributed by atoms with Gasteiger partial charge >= 0.3 is 0 Å². The molecule has 3 heteroatoms. The third-order valence-electron chi connectivity index (χ3n) is 1.12. The average molecular weight is 181 g/mol. The molecule has 0 aromatic rings. The van der Waals surface area contributed by atoms with E-state index in [9.17, 15) is 0 Å². The average Bonchev–Trinajstić information content (AvgIpc) is 1.69. The van der Waals surface area contributed by atoms with Gasteiger partial charge in [-0.25, -0.2) is 0 Å². The first-order valence-corrected chi connectivity index (χ1v) is 7.12. The monoisotopic (exact) mass is 180 g/mol. The lowest BCUT2D eigenvalue weighted by Gasteiger charge is -2.14. The Labute approximate surface area is 53.4 Å². The molecule has 1 saturated heterocycles. The number of hydrogen-bond acceptors (Lipinski definition) is 1. The highest BCUT2D eigenvalue weighted by Crippen LogP contribution is 2.14. The van der Waals surface area contributed by atoms with Crippen LogP contribution < -0.4 is 0 Å². The minimum atomic E-state index is -0.782. The standard InChI is InChI=1S/C4H9BrOSi/c5-7-4-2-1-3-6-7/h7H,1-4H2. The second-order valence-electron chi connectivity index (χ2n) is 1.78. The van der Waals surface area contributed by atoms with Gasteiger partial charge in [0.05, 0.1) is 0 Å². The molecule has 1 unspecified atom stereocenters. The molecule has 0 radical (unpaired) electrons. The van der Waals surface area contributed by atoms with E-state index < -0.39 is 7.66 Å². The maximum absolute atomic E-state index is 5.33. The van der Waals surface area contributed by atoms with E-state index in [4.69, 9.17) is 4.43 Å². The van der Waals surface area contributed by atoms with Crippen molar-refractivity contribution in [1.29, 1.82) is 0 Å². The third kappa shape index (κ3) is 1.93. The van der Waals surface area contributed by atoms with E-state index in [2.05, 4.69) is 15.3 Å². The normalized spacial score (nSPS) is 33.0. The first-order valence-electron chi connectivity index (χ1n) is 2.65. The van der Waals surface area contributed by atoms with Crippen LogP contribution >= 0.6 is 15.3 Å². The van der Waals surface area contributed by atoms with Gasteiger partial charge < -0.3 is 4.43 Å². The number of hydrogen-bond donors (Lipinski definition) is 0. The van der Waals surface area contributed by atoms with Crippen LogP contribution in [0.3, 0.4) is 0 Å². The molecular formula is C4H9BrOSi. The van der Waals surface area contributed by atoms with Crippen LogP contribution in [-0.4, -0.2) is 14.3 Å². The lowest BCUT2D eigenvalue weighted by atomic mass is 10.4. The molecule has 1 nitrogen and oxygen atoms in total. The summed E-state index contributed by atoms with van der Waals surface area (Å²) in [5.41, 5.74) is 0. The van der Waals surface area contributed by atoms with Gasteiger partial charge in [0.25, 0.3) is 0 Å². The SMILES string of the molecule is Br[SiH]1CCCCO1. The smallest absolute Gasteiger partial charge is 0.247 e. The quantitative estimate of drug-likeness (QED) is 0.405. The zero-order chi connectivity index (χ0) is 5.11. The molecule has 0 saturated carbocycles. The largest absolute Gasteiger partial charge is 0.409 e. The molecule has 1 rings (SSSR count). The van der Waals surface area contributed by atoms with E-state index in [1.54, 1.807) is 0 Å². The maximum atomic E-state index is 5.33. The van der Waals surface area contributed by atoms with E-state index in [0.717, 1.165) is 6.61 Å². The summed E-state index contributed by atoms with van der Waals surface area (Å²) in [4.78, 5) is 0. The highest BCUT2D eigenvalue weighted by Gasteiger charge is 2.10. The third-order valence-corrected chi connectivity index (χ3v) is 4.75. The minimum absolute atomic E-state index is 0.782. The summed E-state index contributed by atoms with van der Waals surface area (Å²) in [5, 5.41) is 0. The van der Waals surface area contributed by atoms with E-state index in [1.165, 1.54) is 18.9 Å². The second kappa shape index (κ2) is 2.84. The molecule has 1 aliphatic heterocycles. The Kier molecular flexibility index (Phi) is 2.35. The Morgan fingerprint density at radius 1 is 1.43 bits per heavy atom. The first-order chi connectivity index (χ1) is 3.39. The van der Waals surface area contributed by atoms with Crippen LogP contribution in [0.4, 0.5) is 0 Å². The molecular weight excluding hydrogens is 172 g/mol. The molecule has 0 aliphatic carbocycles. The molecule has 0 spiro atoms. The van der Waals surface area contributed by atoms with Crippen LogP contribution in [0.1, 0.15) is 12.8 Å². The van der Waals surface area contributed by atoms with Crippen LogP contribution in [0.5, 0.6) is 0 Å². The van der Waals surface area contributed by atoms with Crippen molar-refractivity contribution < 1.29 is 4.43 Å². The Hall–Kier alpha value is 0.657. The predicted molar refractivity (Wildman–Crippen MR) is 36.1 cm³/mol. The first kappa shape index (κ1) is 5.79. The molecule has 0 N–H and O–H groups in total. The zero-order valence-electron chi connectivity index (χ0n) is 4.19. The molecule has 1 aliphatic rings.